The lowest BCUT2D eigenvalue weighted by Crippen LogP contribution is -2.39. The van der Waals surface area contributed by atoms with Crippen LogP contribution in [0.2, 0.25) is 0 Å². The van der Waals surface area contributed by atoms with E-state index >= 15 is 0 Å². The highest BCUT2D eigenvalue weighted by molar-refractivity contribution is 7.95. The smallest absolute Gasteiger partial charge is 0.450 e. The lowest BCUT2D eigenvalue weighted by Gasteiger charge is -2.25. The van der Waals surface area contributed by atoms with Gasteiger partial charge in [-0.3, -0.25) is 9.59 Å². The van der Waals surface area contributed by atoms with Crippen molar-refractivity contribution in [2.24, 2.45) is 0 Å². The molecule has 1 heterocycles. The summed E-state index contributed by atoms with van der Waals surface area (Å²) >= 11 is -0.959. The van der Waals surface area contributed by atoms with E-state index in [9.17, 15) is 27.6 Å². The van der Waals surface area contributed by atoms with E-state index in [1.54, 1.807) is 26.8 Å². The van der Waals surface area contributed by atoms with Crippen molar-refractivity contribution >= 4 is 40.6 Å². The van der Waals surface area contributed by atoms with Crippen LogP contribution in [0.1, 0.15) is 47.1 Å². The minimum absolute atomic E-state index is 0.0224. The predicted octanol–water partition coefficient (Wildman–Crippen LogP) is 4.23. The molecular weight excluding hydrogens is 423 g/mol. The lowest BCUT2D eigenvalue weighted by atomic mass is 9.92. The zero-order valence-corrected chi connectivity index (χ0v) is 16.7. The Labute approximate surface area is 173 Å². The van der Waals surface area contributed by atoms with Gasteiger partial charge in [-0.1, -0.05) is 18.1 Å². The highest BCUT2D eigenvalue weighted by atomic mass is 32.2. The summed E-state index contributed by atoms with van der Waals surface area (Å²) in [7, 11) is 0. The van der Waals surface area contributed by atoms with Crippen LogP contribution in [0.5, 0.6) is 0 Å². The molecule has 0 N–H and O–H groups in total. The molecule has 0 fully saturated rings. The molecule has 10 heteroatoms. The molecule has 0 radical (unpaired) electrons. The summed E-state index contributed by atoms with van der Waals surface area (Å²) in [5, 5.41) is 0.688. The third-order valence-electron chi connectivity index (χ3n) is 3.77. The van der Waals surface area contributed by atoms with E-state index in [0.29, 0.717) is 10.9 Å². The predicted molar refractivity (Wildman–Crippen MR) is 102 cm³/mol. The number of carbonyl (C=O) groups is 3. The van der Waals surface area contributed by atoms with Crippen LogP contribution in [0.25, 0.3) is 10.8 Å². The Morgan fingerprint density at radius 1 is 1.03 bits per heavy atom. The second-order valence-corrected chi connectivity index (χ2v) is 7.93. The zero-order chi connectivity index (χ0) is 22.3. The molecule has 1 aliphatic heterocycles. The minimum Gasteiger partial charge on any atom is -0.450 e. The molecule has 2 aromatic carbocycles. The van der Waals surface area contributed by atoms with Gasteiger partial charge in [0.15, 0.2) is 0 Å². The van der Waals surface area contributed by atoms with Gasteiger partial charge in [0.05, 0.1) is 11.1 Å². The maximum absolute atomic E-state index is 12.6. The number of imide groups is 1. The van der Waals surface area contributed by atoms with Gasteiger partial charge in [0.25, 0.3) is 11.8 Å². The zero-order valence-electron chi connectivity index (χ0n) is 15.9. The normalized spacial score (nSPS) is 13.9. The molecule has 30 heavy (non-hydrogen) atoms. The standard InChI is InChI=1S/C20H14F3NO5S/c1-19(2,3)28-15(25)10-8-11-7-9-14-16-12(11)5-4-6-13(16)17(26)24(18(14)27)29-30-20(21,22)23/h4-7,9H,1-3H3. The van der Waals surface area contributed by atoms with Crippen LogP contribution in [0.4, 0.5) is 13.2 Å². The number of benzene rings is 2. The summed E-state index contributed by atoms with van der Waals surface area (Å²) in [5.41, 5.74) is -5.21. The quantitative estimate of drug-likeness (QED) is 0.303. The molecule has 0 bridgehead atoms. The number of nitrogens with zero attached hydrogens (tertiary/aromatic N) is 1. The average Bonchev–Trinajstić information content (AvgIpc) is 2.62. The van der Waals surface area contributed by atoms with E-state index in [2.05, 4.69) is 16.1 Å². The summed E-state index contributed by atoms with van der Waals surface area (Å²) in [6.07, 6.45) is 0. The molecule has 0 saturated carbocycles. The molecule has 6 nitrogen and oxygen atoms in total. The van der Waals surface area contributed by atoms with Crippen molar-refractivity contribution in [2.75, 3.05) is 0 Å². The van der Waals surface area contributed by atoms with E-state index < -0.39 is 40.9 Å². The van der Waals surface area contributed by atoms with Gasteiger partial charge < -0.3 is 4.74 Å². The van der Waals surface area contributed by atoms with Gasteiger partial charge in [0, 0.05) is 16.9 Å². The van der Waals surface area contributed by atoms with E-state index in [0.717, 1.165) is 0 Å². The Balaban J connectivity index is 2.02. The number of ether oxygens (including phenoxy) is 1. The maximum Gasteiger partial charge on any atom is 0.470 e. The van der Waals surface area contributed by atoms with Crippen molar-refractivity contribution in [2.45, 2.75) is 31.9 Å². The number of halogens is 3. The van der Waals surface area contributed by atoms with Gasteiger partial charge in [-0.05, 0) is 44.4 Å². The Hall–Kier alpha value is -3.03. The van der Waals surface area contributed by atoms with Crippen LogP contribution in [0.3, 0.4) is 0 Å². The van der Waals surface area contributed by atoms with Crippen LogP contribution < -0.4 is 0 Å². The molecule has 0 atom stereocenters. The number of esters is 1. The first-order valence-corrected chi connectivity index (χ1v) is 9.23. The first-order valence-electron chi connectivity index (χ1n) is 8.49. The van der Waals surface area contributed by atoms with E-state index in [1.165, 1.54) is 24.3 Å². The van der Waals surface area contributed by atoms with Gasteiger partial charge in [0.2, 0.25) is 0 Å². The molecule has 156 valence electrons. The first kappa shape index (κ1) is 21.7. The van der Waals surface area contributed by atoms with Crippen molar-refractivity contribution in [1.82, 2.24) is 5.06 Å². The van der Waals surface area contributed by atoms with Crippen LogP contribution in [0, 0.1) is 11.8 Å². The van der Waals surface area contributed by atoms with Gasteiger partial charge in [-0.15, -0.1) is 5.06 Å². The van der Waals surface area contributed by atoms with E-state index in [4.69, 9.17) is 4.74 Å². The molecule has 0 saturated heterocycles. The molecule has 1 aliphatic rings. The highest BCUT2D eigenvalue weighted by Gasteiger charge is 2.39. The summed E-state index contributed by atoms with van der Waals surface area (Å²) < 4.78 is 46.8. The minimum atomic E-state index is -4.80. The Morgan fingerprint density at radius 2 is 1.67 bits per heavy atom. The first-order chi connectivity index (χ1) is 13.9. The van der Waals surface area contributed by atoms with Crippen LogP contribution in [-0.2, 0) is 13.8 Å². The van der Waals surface area contributed by atoms with Crippen molar-refractivity contribution in [3.05, 3.63) is 47.0 Å². The third kappa shape index (κ3) is 4.58. The van der Waals surface area contributed by atoms with Gasteiger partial charge in [-0.25, -0.2) is 4.79 Å². The molecular formula is C20H14F3NO5S. The van der Waals surface area contributed by atoms with Gasteiger partial charge in [0.1, 0.15) is 17.6 Å². The maximum atomic E-state index is 12.6. The van der Waals surface area contributed by atoms with Crippen molar-refractivity contribution < 1.29 is 36.6 Å². The summed E-state index contributed by atoms with van der Waals surface area (Å²) in [6.45, 7) is 5.07. The summed E-state index contributed by atoms with van der Waals surface area (Å²) in [5.74, 6) is 2.18. The monoisotopic (exact) mass is 437 g/mol. The fourth-order valence-electron chi connectivity index (χ4n) is 2.75. The molecule has 2 aromatic rings. The van der Waals surface area contributed by atoms with Crippen LogP contribution in [0.15, 0.2) is 30.3 Å². The second-order valence-electron chi connectivity index (χ2n) is 7.15. The number of hydroxylamine groups is 2. The van der Waals surface area contributed by atoms with Crippen molar-refractivity contribution in [1.29, 1.82) is 0 Å². The second kappa shape index (κ2) is 7.66. The Morgan fingerprint density at radius 3 is 2.27 bits per heavy atom. The van der Waals surface area contributed by atoms with Crippen molar-refractivity contribution in [3.8, 4) is 11.8 Å². The number of alkyl halides is 3. The molecule has 2 amide bonds. The fraction of sp³-hybridized carbons (Fsp3) is 0.250. The number of hydrogen-bond donors (Lipinski definition) is 0. The molecule has 0 aliphatic carbocycles. The SMILES string of the molecule is CC(C)(C)OC(=O)C#Cc1ccc2c3c(cccc13)C(=O)N(OSC(F)(F)F)C2=O. The Kier molecular flexibility index (Phi) is 5.54. The lowest BCUT2D eigenvalue weighted by molar-refractivity contribution is -0.147. The van der Waals surface area contributed by atoms with E-state index in [1.807, 2.05) is 0 Å². The number of hydrogen-bond acceptors (Lipinski definition) is 6. The Bertz CT molecular complexity index is 1100. The van der Waals surface area contributed by atoms with E-state index in [-0.39, 0.29) is 21.6 Å². The van der Waals surface area contributed by atoms with Crippen LogP contribution in [-0.4, -0.2) is 34.0 Å². The van der Waals surface area contributed by atoms with Crippen molar-refractivity contribution in [3.63, 3.8) is 0 Å². The van der Waals surface area contributed by atoms with Crippen LogP contribution >= 0.6 is 12.0 Å². The number of carbonyl (C=O) groups excluding carboxylic acids is 3. The summed E-state index contributed by atoms with van der Waals surface area (Å²) in [4.78, 5) is 37.0. The molecule has 0 unspecified atom stereocenters. The molecule has 3 rings (SSSR count). The third-order valence-corrected chi connectivity index (χ3v) is 4.19. The summed E-state index contributed by atoms with van der Waals surface area (Å²) in [6, 6.07) is 7.18. The average molecular weight is 437 g/mol. The highest BCUT2D eigenvalue weighted by Crippen LogP contribution is 2.36. The number of rotatable bonds is 2. The number of amides is 2. The fourth-order valence-corrected chi connectivity index (χ4v) is 3.05. The molecule has 0 spiro atoms. The largest absolute Gasteiger partial charge is 0.470 e. The van der Waals surface area contributed by atoms with Gasteiger partial charge in [-0.2, -0.15) is 17.5 Å². The van der Waals surface area contributed by atoms with Gasteiger partial charge >= 0.3 is 11.5 Å². The topological polar surface area (TPSA) is 72.9 Å². The molecule has 0 aromatic heterocycles.